The number of carboxylic acid groups (broad SMARTS) is 1. The summed E-state index contributed by atoms with van der Waals surface area (Å²) in [5.74, 6) is -1.10. The minimum Gasteiger partial charge on any atom is -0.478 e. The van der Waals surface area contributed by atoms with Crippen LogP contribution >= 0.6 is 0 Å². The summed E-state index contributed by atoms with van der Waals surface area (Å²) in [4.78, 5) is 12.8. The van der Waals surface area contributed by atoms with Crippen molar-refractivity contribution in [2.45, 2.75) is 32.7 Å². The molecular formula is C13H13F3N4O3. The number of aromatic carboxylic acids is 1. The van der Waals surface area contributed by atoms with Crippen molar-refractivity contribution in [1.82, 2.24) is 19.7 Å². The molecule has 0 bridgehead atoms. The Labute approximate surface area is 128 Å². The minimum atomic E-state index is -4.53. The molecule has 0 atom stereocenters. The summed E-state index contributed by atoms with van der Waals surface area (Å²) in [6.07, 6.45) is -4.53. The van der Waals surface area contributed by atoms with Crippen molar-refractivity contribution in [3.8, 4) is 0 Å². The maximum Gasteiger partial charge on any atom is 0.451 e. The molecule has 0 unspecified atom stereocenters. The van der Waals surface area contributed by atoms with Gasteiger partial charge in [0.15, 0.2) is 0 Å². The molecule has 7 nitrogen and oxygen atoms in total. The zero-order valence-electron chi connectivity index (χ0n) is 12.1. The standard InChI is InChI=1S/C13H13F3N4O3/c1-7-9(11(21)22)4-8(23-7)5-19-2-3-20-10(6-19)17-18-12(20)13(14,15)16/h4H,2-3,5-6H2,1H3,(H,21,22). The fourth-order valence-electron chi connectivity index (χ4n) is 2.61. The number of hydrogen-bond donors (Lipinski definition) is 1. The Morgan fingerprint density at radius 1 is 1.39 bits per heavy atom. The molecule has 0 saturated heterocycles. The number of hydrogen-bond acceptors (Lipinski definition) is 5. The SMILES string of the molecule is Cc1oc(CN2CCn3c(nnc3C(F)(F)F)C2)cc1C(=O)O. The fraction of sp³-hybridized carbons (Fsp3) is 0.462. The first-order chi connectivity index (χ1) is 10.8. The van der Waals surface area contributed by atoms with E-state index in [1.807, 2.05) is 4.90 Å². The molecule has 3 rings (SSSR count). The maximum atomic E-state index is 12.8. The van der Waals surface area contributed by atoms with E-state index < -0.39 is 18.0 Å². The summed E-state index contributed by atoms with van der Waals surface area (Å²) >= 11 is 0. The lowest BCUT2D eigenvalue weighted by molar-refractivity contribution is -0.148. The van der Waals surface area contributed by atoms with E-state index in [2.05, 4.69) is 10.2 Å². The average molecular weight is 330 g/mol. The number of rotatable bonds is 3. The Morgan fingerprint density at radius 3 is 2.74 bits per heavy atom. The lowest BCUT2D eigenvalue weighted by Gasteiger charge is -2.27. The van der Waals surface area contributed by atoms with Crippen molar-refractivity contribution in [1.29, 1.82) is 0 Å². The Bertz CT molecular complexity index is 750. The lowest BCUT2D eigenvalue weighted by Crippen LogP contribution is -2.34. The number of carboxylic acids is 1. The summed E-state index contributed by atoms with van der Waals surface area (Å²) in [5.41, 5.74) is 0.0829. The fourth-order valence-corrected chi connectivity index (χ4v) is 2.61. The number of furan rings is 1. The Morgan fingerprint density at radius 2 is 2.13 bits per heavy atom. The molecule has 0 aromatic carbocycles. The van der Waals surface area contributed by atoms with Gasteiger partial charge >= 0.3 is 12.1 Å². The van der Waals surface area contributed by atoms with Gasteiger partial charge in [0, 0.05) is 13.1 Å². The van der Waals surface area contributed by atoms with Gasteiger partial charge in [0.05, 0.1) is 13.1 Å². The Kier molecular flexibility index (Phi) is 3.63. The van der Waals surface area contributed by atoms with Crippen molar-refractivity contribution in [3.63, 3.8) is 0 Å². The third-order valence-corrected chi connectivity index (χ3v) is 3.66. The number of nitrogens with zero attached hydrogens (tertiary/aromatic N) is 4. The van der Waals surface area contributed by atoms with Crippen LogP contribution in [0.15, 0.2) is 10.5 Å². The molecule has 0 radical (unpaired) electrons. The average Bonchev–Trinajstić information content (AvgIpc) is 3.01. The highest BCUT2D eigenvalue weighted by atomic mass is 19.4. The number of fused-ring (bicyclic) bond motifs is 1. The van der Waals surface area contributed by atoms with Crippen LogP contribution in [0.2, 0.25) is 0 Å². The van der Waals surface area contributed by atoms with Gasteiger partial charge in [-0.15, -0.1) is 10.2 Å². The predicted molar refractivity (Wildman–Crippen MR) is 69.5 cm³/mol. The summed E-state index contributed by atoms with van der Waals surface area (Å²) in [7, 11) is 0. The predicted octanol–water partition coefficient (Wildman–Crippen LogP) is 1.91. The minimum absolute atomic E-state index is 0.0829. The van der Waals surface area contributed by atoms with Crippen LogP contribution in [0.25, 0.3) is 0 Å². The van der Waals surface area contributed by atoms with Crippen molar-refractivity contribution < 1.29 is 27.5 Å². The van der Waals surface area contributed by atoms with Gasteiger partial charge in [0.2, 0.25) is 5.82 Å². The van der Waals surface area contributed by atoms with Gasteiger partial charge in [-0.05, 0) is 13.0 Å². The molecule has 2 aromatic heterocycles. The van der Waals surface area contributed by atoms with E-state index in [1.54, 1.807) is 6.92 Å². The van der Waals surface area contributed by atoms with Gasteiger partial charge in [-0.1, -0.05) is 0 Å². The van der Waals surface area contributed by atoms with Gasteiger partial charge in [-0.3, -0.25) is 4.90 Å². The molecule has 0 spiro atoms. The number of carbonyl (C=O) groups is 1. The molecular weight excluding hydrogens is 317 g/mol. The molecule has 1 aliphatic heterocycles. The molecule has 0 saturated carbocycles. The highest BCUT2D eigenvalue weighted by Gasteiger charge is 2.39. The summed E-state index contributed by atoms with van der Waals surface area (Å²) in [6.45, 7) is 2.50. The first kappa shape index (κ1) is 15.5. The van der Waals surface area contributed by atoms with Crippen LogP contribution < -0.4 is 0 Å². The normalized spacial score (nSPS) is 15.7. The molecule has 23 heavy (non-hydrogen) atoms. The first-order valence-corrected chi connectivity index (χ1v) is 6.80. The second-order valence-corrected chi connectivity index (χ2v) is 5.29. The largest absolute Gasteiger partial charge is 0.478 e. The van der Waals surface area contributed by atoms with Crippen LogP contribution in [0.5, 0.6) is 0 Å². The molecule has 3 heterocycles. The van der Waals surface area contributed by atoms with Crippen LogP contribution in [0.1, 0.15) is 33.5 Å². The quantitative estimate of drug-likeness (QED) is 0.925. The van der Waals surface area contributed by atoms with Crippen LogP contribution in [-0.4, -0.2) is 37.3 Å². The maximum absolute atomic E-state index is 12.8. The van der Waals surface area contributed by atoms with Gasteiger partial charge in [-0.2, -0.15) is 13.2 Å². The van der Waals surface area contributed by atoms with Crippen molar-refractivity contribution >= 4 is 5.97 Å². The van der Waals surface area contributed by atoms with E-state index in [1.165, 1.54) is 6.07 Å². The van der Waals surface area contributed by atoms with Gasteiger partial charge in [-0.25, -0.2) is 4.79 Å². The van der Waals surface area contributed by atoms with E-state index in [9.17, 15) is 18.0 Å². The third kappa shape index (κ3) is 2.93. The van der Waals surface area contributed by atoms with Gasteiger partial charge in [0.25, 0.3) is 0 Å². The Hall–Kier alpha value is -2.36. The summed E-state index contributed by atoms with van der Waals surface area (Å²) < 4.78 is 44.7. The van der Waals surface area contributed by atoms with E-state index in [-0.39, 0.29) is 24.5 Å². The molecule has 1 N–H and O–H groups in total. The molecule has 0 aliphatic carbocycles. The molecule has 124 valence electrons. The van der Waals surface area contributed by atoms with Crippen LogP contribution in [0, 0.1) is 6.92 Å². The zero-order valence-corrected chi connectivity index (χ0v) is 12.1. The smallest absolute Gasteiger partial charge is 0.451 e. The molecule has 0 amide bonds. The second kappa shape index (κ2) is 5.37. The lowest BCUT2D eigenvalue weighted by atomic mass is 10.2. The Balaban J connectivity index is 1.74. The highest BCUT2D eigenvalue weighted by Crippen LogP contribution is 2.29. The number of aromatic nitrogens is 3. The topological polar surface area (TPSA) is 84.4 Å². The van der Waals surface area contributed by atoms with Crippen LogP contribution in [0.4, 0.5) is 13.2 Å². The summed E-state index contributed by atoms with van der Waals surface area (Å²) in [5, 5.41) is 15.8. The van der Waals surface area contributed by atoms with E-state index in [0.29, 0.717) is 24.6 Å². The van der Waals surface area contributed by atoms with E-state index in [4.69, 9.17) is 9.52 Å². The third-order valence-electron chi connectivity index (χ3n) is 3.66. The zero-order chi connectivity index (χ0) is 16.8. The monoisotopic (exact) mass is 330 g/mol. The number of alkyl halides is 3. The highest BCUT2D eigenvalue weighted by molar-refractivity contribution is 5.88. The van der Waals surface area contributed by atoms with E-state index >= 15 is 0 Å². The van der Waals surface area contributed by atoms with Crippen molar-refractivity contribution in [3.05, 3.63) is 34.8 Å². The molecule has 2 aromatic rings. The molecule has 0 fully saturated rings. The molecule has 10 heteroatoms. The van der Waals surface area contributed by atoms with E-state index in [0.717, 1.165) is 4.57 Å². The number of halogens is 3. The van der Waals surface area contributed by atoms with Crippen molar-refractivity contribution in [2.75, 3.05) is 6.54 Å². The van der Waals surface area contributed by atoms with Gasteiger partial charge < -0.3 is 14.1 Å². The van der Waals surface area contributed by atoms with Gasteiger partial charge in [0.1, 0.15) is 22.9 Å². The first-order valence-electron chi connectivity index (χ1n) is 6.80. The van der Waals surface area contributed by atoms with Crippen molar-refractivity contribution in [2.24, 2.45) is 0 Å². The van der Waals surface area contributed by atoms with Crippen LogP contribution in [-0.2, 0) is 25.8 Å². The second-order valence-electron chi connectivity index (χ2n) is 5.29. The summed E-state index contributed by atoms with van der Waals surface area (Å²) in [6, 6.07) is 1.43. The van der Waals surface area contributed by atoms with Crippen LogP contribution in [0.3, 0.4) is 0 Å². The number of aryl methyl sites for hydroxylation is 1. The molecule has 1 aliphatic rings.